The maximum Gasteiger partial charge on any atom is 0.331 e. The van der Waals surface area contributed by atoms with Gasteiger partial charge in [-0.1, -0.05) is 13.8 Å². The Hall–Kier alpha value is -1.82. The van der Waals surface area contributed by atoms with Crippen LogP contribution in [0, 0.1) is 34.5 Å². The van der Waals surface area contributed by atoms with E-state index < -0.39 is 73.8 Å². The highest BCUT2D eigenvalue weighted by Crippen LogP contribution is 2.63. The molecule has 4 N–H and O–H groups in total. The van der Waals surface area contributed by atoms with Gasteiger partial charge in [-0.3, -0.25) is 4.79 Å². The van der Waals surface area contributed by atoms with Crippen LogP contribution in [0.1, 0.15) is 92.4 Å². The van der Waals surface area contributed by atoms with Gasteiger partial charge in [-0.25, -0.2) is 4.79 Å². The van der Waals surface area contributed by atoms with E-state index >= 15 is 0 Å². The molecule has 3 saturated heterocycles. The number of aliphatic hydroxyl groups excluding tert-OH is 4. The molecule has 20 atom stereocenters. The van der Waals surface area contributed by atoms with Crippen LogP contribution in [0.15, 0.2) is 23.8 Å². The van der Waals surface area contributed by atoms with Crippen molar-refractivity contribution >= 4 is 11.8 Å². The number of esters is 1. The summed E-state index contributed by atoms with van der Waals surface area (Å²) in [5, 5.41) is 45.0. The quantitative estimate of drug-likeness (QED) is 0.208. The molecule has 14 heteroatoms. The smallest absolute Gasteiger partial charge is 0.331 e. The minimum atomic E-state index is -1.53. The lowest BCUT2D eigenvalue weighted by atomic mass is 9.50. The fourth-order valence-corrected chi connectivity index (χ4v) is 11.9. The molecular weight excluding hydrogens is 728 g/mol. The van der Waals surface area contributed by atoms with Gasteiger partial charge >= 0.3 is 5.97 Å². The molecule has 20 unspecified atom stereocenters. The molecule has 0 aromatic rings. The van der Waals surface area contributed by atoms with Crippen molar-refractivity contribution in [3.63, 3.8) is 0 Å². The van der Waals surface area contributed by atoms with Crippen molar-refractivity contribution < 1.29 is 67.9 Å². The fraction of sp³-hybridized carbons (Fsp3) is 0.857. The average molecular weight is 791 g/mol. The standard InChI is InChI=1S/C42H62O14/c1-20-29(43)8-9-31(51-20)55-36-32(45)21(2)53-40(34(36)47)56-37-33(46)22(3)52-39(35(37)48)54-25-10-14-42(5)24(17-25)6-7-26-27-12-15-49-38(27)41(4,13-11-28(26)42)18-23-16-30(44)50-19-23/h8-9,16,20-22,24-28,31-40,45-48H,6-7,10-15,17-19H2,1-5H3. The number of hydrogen-bond donors (Lipinski definition) is 4. The molecule has 3 aliphatic carbocycles. The number of cyclic esters (lactones) is 1. The molecule has 5 aliphatic heterocycles. The number of carbonyl (C=O) groups excluding carboxylic acids is 2. The van der Waals surface area contributed by atoms with E-state index in [9.17, 15) is 30.0 Å². The molecule has 0 aromatic heterocycles. The van der Waals surface area contributed by atoms with Crippen LogP contribution in [0.4, 0.5) is 0 Å². The lowest BCUT2D eigenvalue weighted by Gasteiger charge is -2.56. The van der Waals surface area contributed by atoms with Gasteiger partial charge in [0.05, 0.1) is 24.4 Å². The van der Waals surface area contributed by atoms with Crippen LogP contribution in [-0.2, 0) is 47.5 Å². The SMILES string of the molecule is CC1OC(OC2C(O)C(C)OC(OC3C(O)C(C)OC(OC4CCC5(C)C(CCC6C7CCOC7C(C)(CC7=CC(=O)OC7)CCC65)C4)C3O)C2O)C=CC1=O. The molecule has 8 rings (SSSR count). The zero-order chi connectivity index (χ0) is 39.7. The molecule has 0 radical (unpaired) electrons. The number of carbonyl (C=O) groups is 2. The van der Waals surface area contributed by atoms with Crippen LogP contribution < -0.4 is 0 Å². The van der Waals surface area contributed by atoms with Gasteiger partial charge in [-0.2, -0.15) is 0 Å². The number of hydrogen-bond acceptors (Lipinski definition) is 14. The highest BCUT2D eigenvalue weighted by Gasteiger charge is 2.59. The van der Waals surface area contributed by atoms with Gasteiger partial charge in [0.15, 0.2) is 24.7 Å². The van der Waals surface area contributed by atoms with Crippen LogP contribution in [0.5, 0.6) is 0 Å². The first kappa shape index (κ1) is 40.9. The maximum atomic E-state index is 11.9. The number of ketones is 1. The van der Waals surface area contributed by atoms with Crippen molar-refractivity contribution in [2.24, 2.45) is 34.5 Å². The molecule has 0 amide bonds. The van der Waals surface area contributed by atoms with E-state index in [2.05, 4.69) is 13.8 Å². The van der Waals surface area contributed by atoms with E-state index in [4.69, 9.17) is 37.9 Å². The summed E-state index contributed by atoms with van der Waals surface area (Å²) in [4.78, 5) is 23.8. The summed E-state index contributed by atoms with van der Waals surface area (Å²) >= 11 is 0. The topological polar surface area (TPSA) is 189 Å². The van der Waals surface area contributed by atoms with Gasteiger partial charge in [0.25, 0.3) is 0 Å². The van der Waals surface area contributed by atoms with Crippen LogP contribution in [0.3, 0.4) is 0 Å². The highest BCUT2D eigenvalue weighted by atomic mass is 16.7. The molecule has 0 aromatic carbocycles. The summed E-state index contributed by atoms with van der Waals surface area (Å²) in [6.07, 6.45) is -0.359. The second-order valence-electron chi connectivity index (χ2n) is 18.6. The molecule has 56 heavy (non-hydrogen) atoms. The Morgan fingerprint density at radius 3 is 2.16 bits per heavy atom. The van der Waals surface area contributed by atoms with Crippen LogP contribution >= 0.6 is 0 Å². The lowest BCUT2D eigenvalue weighted by molar-refractivity contribution is -0.366. The van der Waals surface area contributed by atoms with Crippen LogP contribution in [0.2, 0.25) is 0 Å². The van der Waals surface area contributed by atoms with E-state index in [1.54, 1.807) is 26.8 Å². The second kappa shape index (κ2) is 16.0. The van der Waals surface area contributed by atoms with Gasteiger partial charge in [0, 0.05) is 12.7 Å². The van der Waals surface area contributed by atoms with Crippen molar-refractivity contribution in [1.82, 2.24) is 0 Å². The Balaban J connectivity index is 0.914. The number of fused-ring (bicyclic) bond motifs is 5. The first-order chi connectivity index (χ1) is 26.6. The van der Waals surface area contributed by atoms with E-state index in [0.717, 1.165) is 70.0 Å². The van der Waals surface area contributed by atoms with Gasteiger partial charge in [-0.05, 0) is 131 Å². The van der Waals surface area contributed by atoms with Gasteiger partial charge < -0.3 is 58.3 Å². The Bertz CT molecular complexity index is 1520. The normalized spacial score (nSPS) is 52.1. The number of ether oxygens (including phenoxy) is 8. The molecule has 14 nitrogen and oxygen atoms in total. The minimum Gasteiger partial charge on any atom is -0.458 e. The molecule has 0 spiro atoms. The minimum absolute atomic E-state index is 0.0508. The Morgan fingerprint density at radius 2 is 1.48 bits per heavy atom. The van der Waals surface area contributed by atoms with Gasteiger partial charge in [0.1, 0.15) is 49.3 Å². The Labute approximate surface area is 329 Å². The summed E-state index contributed by atoms with van der Waals surface area (Å²) in [6, 6.07) is 0. The number of aliphatic hydroxyl groups is 4. The van der Waals surface area contributed by atoms with Crippen molar-refractivity contribution in [2.75, 3.05) is 13.2 Å². The predicted octanol–water partition coefficient (Wildman–Crippen LogP) is 2.86. The van der Waals surface area contributed by atoms with Crippen molar-refractivity contribution in [2.45, 2.75) is 178 Å². The van der Waals surface area contributed by atoms with Crippen LogP contribution in [0.25, 0.3) is 0 Å². The lowest BCUT2D eigenvalue weighted by Crippen LogP contribution is -2.64. The van der Waals surface area contributed by atoms with Crippen molar-refractivity contribution in [3.8, 4) is 0 Å². The summed E-state index contributed by atoms with van der Waals surface area (Å²) in [6.45, 7) is 10.9. The third-order valence-electron chi connectivity index (χ3n) is 15.1. The molecule has 8 aliphatic rings. The summed E-state index contributed by atoms with van der Waals surface area (Å²) in [5.74, 6) is 1.62. The maximum absolute atomic E-state index is 11.9. The Morgan fingerprint density at radius 1 is 0.786 bits per heavy atom. The van der Waals surface area contributed by atoms with Gasteiger partial charge in [-0.15, -0.1) is 0 Å². The molecule has 6 fully saturated rings. The van der Waals surface area contributed by atoms with Crippen LogP contribution in [-0.4, -0.2) is 131 Å². The molecule has 0 bridgehead atoms. The summed E-state index contributed by atoms with van der Waals surface area (Å²) < 4.78 is 47.9. The zero-order valence-electron chi connectivity index (χ0n) is 33.3. The van der Waals surface area contributed by atoms with Gasteiger partial charge in [0.2, 0.25) is 0 Å². The third kappa shape index (κ3) is 7.59. The fourth-order valence-electron chi connectivity index (χ4n) is 11.9. The summed E-state index contributed by atoms with van der Waals surface area (Å²) in [7, 11) is 0. The third-order valence-corrected chi connectivity index (χ3v) is 15.1. The monoisotopic (exact) mass is 790 g/mol. The molecule has 314 valence electrons. The second-order valence-corrected chi connectivity index (χ2v) is 18.6. The van der Waals surface area contributed by atoms with E-state index in [1.807, 2.05) is 0 Å². The predicted molar refractivity (Wildman–Crippen MR) is 196 cm³/mol. The largest absolute Gasteiger partial charge is 0.458 e. The van der Waals surface area contributed by atoms with E-state index in [1.165, 1.54) is 12.2 Å². The van der Waals surface area contributed by atoms with E-state index in [-0.39, 0.29) is 34.8 Å². The number of rotatable bonds is 8. The Kier molecular flexibility index (Phi) is 11.7. The first-order valence-electron chi connectivity index (χ1n) is 21.0. The zero-order valence-corrected chi connectivity index (χ0v) is 33.3. The molecule has 5 heterocycles. The van der Waals surface area contributed by atoms with E-state index in [0.29, 0.717) is 30.3 Å². The van der Waals surface area contributed by atoms with Crippen molar-refractivity contribution in [3.05, 3.63) is 23.8 Å². The first-order valence-corrected chi connectivity index (χ1v) is 21.0. The van der Waals surface area contributed by atoms with Crippen molar-refractivity contribution in [1.29, 1.82) is 0 Å². The highest BCUT2D eigenvalue weighted by molar-refractivity contribution is 5.93. The summed E-state index contributed by atoms with van der Waals surface area (Å²) in [5.41, 5.74) is 1.16. The molecule has 3 saturated carbocycles. The average Bonchev–Trinajstić information content (AvgIpc) is 3.80. The molecular formula is C42H62O14.